The van der Waals surface area contributed by atoms with Gasteiger partial charge in [0.25, 0.3) is 5.91 Å². The Labute approximate surface area is 178 Å². The average molecular weight is 416 g/mol. The van der Waals surface area contributed by atoms with Crippen LogP contribution in [-0.2, 0) is 0 Å². The molecule has 3 heterocycles. The third kappa shape index (κ3) is 3.52. The molecule has 1 aromatic carbocycles. The molecule has 6 nitrogen and oxygen atoms in total. The standard InChI is InChI=1S/C23H21N5OS/c1-16(19-10-5-6-14-24-19)27(17-12-13-17)23(29)21-25-22(20-11-7-15-30-20)28(26-21)18-8-3-2-4-9-18/h2-11,14-17H,12-13H2,1H3. The summed E-state index contributed by atoms with van der Waals surface area (Å²) in [5.74, 6) is 0.751. The average Bonchev–Trinajstić information content (AvgIpc) is 3.29. The molecule has 4 aromatic rings. The molecule has 0 radical (unpaired) electrons. The number of carbonyl (C=O) groups excluding carboxylic acids is 1. The lowest BCUT2D eigenvalue weighted by Crippen LogP contribution is -2.36. The lowest BCUT2D eigenvalue weighted by molar-refractivity contribution is 0.0657. The van der Waals surface area contributed by atoms with Gasteiger partial charge in [-0.15, -0.1) is 16.4 Å². The Morgan fingerprint density at radius 1 is 1.10 bits per heavy atom. The van der Waals surface area contributed by atoms with Crippen LogP contribution >= 0.6 is 11.3 Å². The van der Waals surface area contributed by atoms with Crippen molar-refractivity contribution >= 4 is 17.2 Å². The van der Waals surface area contributed by atoms with E-state index in [0.717, 1.165) is 29.1 Å². The predicted molar refractivity (Wildman–Crippen MR) is 117 cm³/mol. The van der Waals surface area contributed by atoms with Gasteiger partial charge in [0.1, 0.15) is 0 Å². The molecule has 1 unspecified atom stereocenters. The third-order valence-corrected chi connectivity index (χ3v) is 6.11. The highest BCUT2D eigenvalue weighted by atomic mass is 32.1. The number of para-hydroxylation sites is 1. The van der Waals surface area contributed by atoms with E-state index in [1.54, 1.807) is 22.2 Å². The first kappa shape index (κ1) is 18.7. The van der Waals surface area contributed by atoms with Gasteiger partial charge in [0.05, 0.1) is 22.3 Å². The third-order valence-electron chi connectivity index (χ3n) is 5.25. The number of amides is 1. The Bertz CT molecular complexity index is 1140. The van der Waals surface area contributed by atoms with Crippen molar-refractivity contribution < 1.29 is 4.79 Å². The fraction of sp³-hybridized carbons (Fsp3) is 0.217. The number of thiophene rings is 1. The van der Waals surface area contributed by atoms with Crippen molar-refractivity contribution in [1.29, 1.82) is 0 Å². The summed E-state index contributed by atoms with van der Waals surface area (Å²) in [7, 11) is 0. The fourth-order valence-electron chi connectivity index (χ4n) is 3.61. The van der Waals surface area contributed by atoms with Crippen LogP contribution in [0.5, 0.6) is 0 Å². The molecule has 1 aliphatic carbocycles. The number of benzene rings is 1. The van der Waals surface area contributed by atoms with E-state index in [2.05, 4.69) is 15.1 Å². The highest BCUT2D eigenvalue weighted by Crippen LogP contribution is 2.35. The van der Waals surface area contributed by atoms with Crippen LogP contribution in [0.4, 0.5) is 0 Å². The molecule has 0 saturated heterocycles. The molecule has 0 spiro atoms. The van der Waals surface area contributed by atoms with Crippen LogP contribution in [0.2, 0.25) is 0 Å². The van der Waals surface area contributed by atoms with Crippen LogP contribution in [0.1, 0.15) is 42.1 Å². The Morgan fingerprint density at radius 3 is 2.57 bits per heavy atom. The van der Waals surface area contributed by atoms with Gasteiger partial charge in [0, 0.05) is 12.2 Å². The maximum Gasteiger partial charge on any atom is 0.294 e. The van der Waals surface area contributed by atoms with Crippen LogP contribution in [0, 0.1) is 0 Å². The summed E-state index contributed by atoms with van der Waals surface area (Å²) in [5, 5.41) is 6.64. The quantitative estimate of drug-likeness (QED) is 0.456. The van der Waals surface area contributed by atoms with E-state index in [1.165, 1.54) is 0 Å². The molecule has 150 valence electrons. The minimum atomic E-state index is -0.150. The van der Waals surface area contributed by atoms with Gasteiger partial charge >= 0.3 is 0 Å². The van der Waals surface area contributed by atoms with Crippen LogP contribution in [0.25, 0.3) is 16.4 Å². The van der Waals surface area contributed by atoms with E-state index in [9.17, 15) is 4.79 Å². The van der Waals surface area contributed by atoms with Crippen LogP contribution in [-0.4, -0.2) is 36.6 Å². The summed E-state index contributed by atoms with van der Waals surface area (Å²) in [5.41, 5.74) is 1.75. The zero-order chi connectivity index (χ0) is 20.5. The SMILES string of the molecule is CC(c1ccccn1)N(C(=O)c1nc(-c2cccs2)n(-c2ccccc2)n1)C1CC1. The summed E-state index contributed by atoms with van der Waals surface area (Å²) in [6, 6.07) is 19.6. The molecule has 1 amide bonds. The molecule has 0 bridgehead atoms. The molecule has 0 N–H and O–H groups in total. The number of nitrogens with zero attached hydrogens (tertiary/aromatic N) is 5. The van der Waals surface area contributed by atoms with Gasteiger partial charge in [-0.3, -0.25) is 9.78 Å². The molecule has 3 aromatic heterocycles. The molecule has 0 aliphatic heterocycles. The second kappa shape index (κ2) is 7.84. The molecule has 7 heteroatoms. The predicted octanol–water partition coefficient (Wildman–Crippen LogP) is 4.76. The first-order valence-corrected chi connectivity index (χ1v) is 10.9. The summed E-state index contributed by atoms with van der Waals surface area (Å²) in [4.78, 5) is 25.6. The molecule has 1 fully saturated rings. The van der Waals surface area contributed by atoms with Crippen molar-refractivity contribution in [1.82, 2.24) is 24.6 Å². The van der Waals surface area contributed by atoms with Crippen molar-refractivity contribution in [2.75, 3.05) is 0 Å². The molecule has 1 saturated carbocycles. The number of hydrogen-bond acceptors (Lipinski definition) is 5. The Balaban J connectivity index is 1.55. The van der Waals surface area contributed by atoms with Crippen LogP contribution in [0.15, 0.2) is 72.2 Å². The zero-order valence-electron chi connectivity index (χ0n) is 16.5. The van der Waals surface area contributed by atoms with Gasteiger partial charge in [-0.2, -0.15) is 0 Å². The topological polar surface area (TPSA) is 63.9 Å². The van der Waals surface area contributed by atoms with Gasteiger partial charge < -0.3 is 4.90 Å². The van der Waals surface area contributed by atoms with Gasteiger partial charge in [-0.25, -0.2) is 9.67 Å². The van der Waals surface area contributed by atoms with Gasteiger partial charge in [-0.1, -0.05) is 30.3 Å². The summed E-state index contributed by atoms with van der Waals surface area (Å²) in [6.45, 7) is 2.02. The molecule has 30 heavy (non-hydrogen) atoms. The first-order valence-electron chi connectivity index (χ1n) is 10.0. The summed E-state index contributed by atoms with van der Waals surface area (Å²) >= 11 is 1.58. The lowest BCUT2D eigenvalue weighted by Gasteiger charge is -2.27. The lowest BCUT2D eigenvalue weighted by atomic mass is 10.1. The Kier molecular flexibility index (Phi) is 4.88. The smallest absolute Gasteiger partial charge is 0.294 e. The number of aromatic nitrogens is 4. The van der Waals surface area contributed by atoms with E-state index in [0.29, 0.717) is 5.82 Å². The Hall–Kier alpha value is -3.32. The minimum Gasteiger partial charge on any atom is -0.325 e. The zero-order valence-corrected chi connectivity index (χ0v) is 17.4. The highest BCUT2D eigenvalue weighted by Gasteiger charge is 2.39. The molecular formula is C23H21N5OS. The van der Waals surface area contributed by atoms with Gasteiger partial charge in [0.2, 0.25) is 5.82 Å². The normalized spacial score (nSPS) is 14.4. The maximum atomic E-state index is 13.6. The van der Waals surface area contributed by atoms with Crippen molar-refractivity contribution in [3.8, 4) is 16.4 Å². The second-order valence-electron chi connectivity index (χ2n) is 7.36. The number of rotatable bonds is 6. The summed E-state index contributed by atoms with van der Waals surface area (Å²) < 4.78 is 1.76. The van der Waals surface area contributed by atoms with E-state index in [4.69, 9.17) is 0 Å². The largest absolute Gasteiger partial charge is 0.325 e. The number of pyridine rings is 1. The van der Waals surface area contributed by atoms with Gasteiger partial charge in [-0.05, 0) is 55.5 Å². The molecule has 5 rings (SSSR count). The summed E-state index contributed by atoms with van der Waals surface area (Å²) in [6.07, 6.45) is 3.76. The van der Waals surface area contributed by atoms with Gasteiger partial charge in [0.15, 0.2) is 5.82 Å². The minimum absolute atomic E-state index is 0.139. The van der Waals surface area contributed by atoms with Crippen molar-refractivity contribution in [3.05, 3.63) is 83.8 Å². The fourth-order valence-corrected chi connectivity index (χ4v) is 4.31. The molecule has 1 aliphatic rings. The Morgan fingerprint density at radius 2 is 1.90 bits per heavy atom. The number of carbonyl (C=O) groups is 1. The van der Waals surface area contributed by atoms with E-state index in [1.807, 2.05) is 77.9 Å². The van der Waals surface area contributed by atoms with Crippen molar-refractivity contribution in [3.63, 3.8) is 0 Å². The van der Waals surface area contributed by atoms with Crippen LogP contribution in [0.3, 0.4) is 0 Å². The highest BCUT2D eigenvalue weighted by molar-refractivity contribution is 7.13. The van der Waals surface area contributed by atoms with E-state index >= 15 is 0 Å². The van der Waals surface area contributed by atoms with Crippen molar-refractivity contribution in [2.24, 2.45) is 0 Å². The maximum absolute atomic E-state index is 13.6. The number of hydrogen-bond donors (Lipinski definition) is 0. The van der Waals surface area contributed by atoms with E-state index < -0.39 is 0 Å². The molecular weight excluding hydrogens is 394 g/mol. The second-order valence-corrected chi connectivity index (χ2v) is 8.31. The first-order chi connectivity index (χ1) is 14.7. The van der Waals surface area contributed by atoms with E-state index in [-0.39, 0.29) is 23.8 Å². The van der Waals surface area contributed by atoms with Crippen molar-refractivity contribution in [2.45, 2.75) is 31.8 Å². The monoisotopic (exact) mass is 415 g/mol. The van der Waals surface area contributed by atoms with Crippen LogP contribution < -0.4 is 0 Å². The molecule has 1 atom stereocenters.